The van der Waals surface area contributed by atoms with Crippen LogP contribution in [0.1, 0.15) is 10.4 Å². The molecule has 0 atom stereocenters. The van der Waals surface area contributed by atoms with Crippen molar-refractivity contribution in [3.63, 3.8) is 0 Å². The Labute approximate surface area is 122 Å². The van der Waals surface area contributed by atoms with Crippen LogP contribution in [0.4, 0.5) is 11.4 Å². The molecule has 0 aliphatic heterocycles. The Kier molecular flexibility index (Phi) is 3.98. The molecule has 0 heterocycles. The Hall–Kier alpha value is -3.49. The molecule has 2 rings (SSSR count). The molecule has 0 bridgehead atoms. The van der Waals surface area contributed by atoms with Gasteiger partial charge in [-0.15, -0.1) is 0 Å². The molecule has 9 nitrogen and oxygen atoms in total. The number of ether oxygens (including phenoxy) is 1. The van der Waals surface area contributed by atoms with Crippen molar-refractivity contribution in [1.82, 2.24) is 0 Å². The van der Waals surface area contributed by atoms with Crippen molar-refractivity contribution in [1.29, 1.82) is 0 Å². The Balaban J connectivity index is 2.24. The van der Waals surface area contributed by atoms with Crippen LogP contribution in [-0.2, 0) is 0 Å². The molecule has 0 unspecified atom stereocenters. The molecule has 0 saturated carbocycles. The third kappa shape index (κ3) is 3.15. The Morgan fingerprint density at radius 3 is 2.23 bits per heavy atom. The maximum absolute atomic E-state index is 11.9. The maximum atomic E-state index is 11.9. The Morgan fingerprint density at radius 2 is 1.64 bits per heavy atom. The number of benzene rings is 2. The molecule has 0 aliphatic rings. The number of carbonyl (C=O) groups excluding carboxylic acids is 1. The van der Waals surface area contributed by atoms with Gasteiger partial charge in [-0.05, 0) is 12.1 Å². The molecular weight excluding hydrogens is 296 g/mol. The number of aromatic hydroxyl groups is 1. The fraction of sp³-hybridized carbons (Fsp3) is 0. The average Bonchev–Trinajstić information content (AvgIpc) is 2.47. The van der Waals surface area contributed by atoms with Crippen molar-refractivity contribution in [2.45, 2.75) is 0 Å². The largest absolute Gasteiger partial charge is 0.507 e. The molecule has 22 heavy (non-hydrogen) atoms. The van der Waals surface area contributed by atoms with E-state index in [0.29, 0.717) is 0 Å². The summed E-state index contributed by atoms with van der Waals surface area (Å²) in [6, 6.07) is 7.80. The van der Waals surface area contributed by atoms with Crippen molar-refractivity contribution in [3.8, 4) is 11.5 Å². The zero-order valence-corrected chi connectivity index (χ0v) is 10.8. The maximum Gasteiger partial charge on any atom is 0.347 e. The summed E-state index contributed by atoms with van der Waals surface area (Å²) < 4.78 is 4.90. The first-order chi connectivity index (χ1) is 10.4. The van der Waals surface area contributed by atoms with Crippen molar-refractivity contribution in [2.24, 2.45) is 0 Å². The van der Waals surface area contributed by atoms with Crippen LogP contribution < -0.4 is 4.74 Å². The van der Waals surface area contributed by atoms with Gasteiger partial charge in [-0.25, -0.2) is 4.79 Å². The lowest BCUT2D eigenvalue weighted by molar-refractivity contribution is -0.385. The lowest BCUT2D eigenvalue weighted by Crippen LogP contribution is -2.09. The highest BCUT2D eigenvalue weighted by molar-refractivity contribution is 5.94. The van der Waals surface area contributed by atoms with Gasteiger partial charge in [0.15, 0.2) is 0 Å². The van der Waals surface area contributed by atoms with Crippen molar-refractivity contribution in [2.75, 3.05) is 0 Å². The number of nitro groups is 2. The summed E-state index contributed by atoms with van der Waals surface area (Å²) in [6.07, 6.45) is 0. The van der Waals surface area contributed by atoms with Gasteiger partial charge in [0.05, 0.1) is 22.0 Å². The minimum atomic E-state index is -0.993. The number of non-ortho nitro benzene ring substituents is 2. The first-order valence-electron chi connectivity index (χ1n) is 5.82. The van der Waals surface area contributed by atoms with Crippen LogP contribution in [0, 0.1) is 20.2 Å². The summed E-state index contributed by atoms with van der Waals surface area (Å²) in [5.74, 6) is -1.70. The van der Waals surface area contributed by atoms with Crippen molar-refractivity contribution < 1.29 is 24.5 Å². The number of esters is 1. The predicted molar refractivity (Wildman–Crippen MR) is 72.8 cm³/mol. The molecule has 0 radical (unpaired) electrons. The number of hydrogen-bond donors (Lipinski definition) is 1. The predicted octanol–water partition coefficient (Wildman–Crippen LogP) is 2.43. The zero-order chi connectivity index (χ0) is 16.3. The summed E-state index contributed by atoms with van der Waals surface area (Å²) in [5.41, 5.74) is -0.945. The fourth-order valence-corrected chi connectivity index (χ4v) is 1.63. The quantitative estimate of drug-likeness (QED) is 0.397. The smallest absolute Gasteiger partial charge is 0.347 e. The number of nitrogens with zero attached hydrogens (tertiary/aromatic N) is 2. The monoisotopic (exact) mass is 304 g/mol. The number of nitro benzene ring substituents is 2. The molecule has 1 N–H and O–H groups in total. The molecule has 0 fully saturated rings. The van der Waals surface area contributed by atoms with E-state index in [-0.39, 0.29) is 22.7 Å². The van der Waals surface area contributed by atoms with Gasteiger partial charge in [0.25, 0.3) is 11.4 Å². The van der Waals surface area contributed by atoms with E-state index < -0.39 is 21.6 Å². The van der Waals surface area contributed by atoms with Crippen LogP contribution in [0.3, 0.4) is 0 Å². The van der Waals surface area contributed by atoms with Crippen LogP contribution in [0.15, 0.2) is 42.5 Å². The second-order valence-electron chi connectivity index (χ2n) is 4.10. The molecule has 0 amide bonds. The van der Waals surface area contributed by atoms with Gasteiger partial charge in [0, 0.05) is 12.1 Å². The average molecular weight is 304 g/mol. The summed E-state index contributed by atoms with van der Waals surface area (Å²) >= 11 is 0. The van der Waals surface area contributed by atoms with Gasteiger partial charge < -0.3 is 9.84 Å². The molecule has 2 aromatic rings. The normalized spacial score (nSPS) is 10.0. The lowest BCUT2D eigenvalue weighted by atomic mass is 10.2. The summed E-state index contributed by atoms with van der Waals surface area (Å²) in [4.78, 5) is 31.7. The van der Waals surface area contributed by atoms with Gasteiger partial charge in [0.2, 0.25) is 0 Å². The molecular formula is C13H8N2O7. The van der Waals surface area contributed by atoms with Gasteiger partial charge >= 0.3 is 5.97 Å². The molecule has 9 heteroatoms. The van der Waals surface area contributed by atoms with Crippen LogP contribution in [0.25, 0.3) is 0 Å². The summed E-state index contributed by atoms with van der Waals surface area (Å²) in [6.45, 7) is 0. The highest BCUT2D eigenvalue weighted by Crippen LogP contribution is 2.26. The van der Waals surface area contributed by atoms with E-state index in [1.54, 1.807) is 0 Å². The van der Waals surface area contributed by atoms with E-state index in [2.05, 4.69) is 0 Å². The van der Waals surface area contributed by atoms with E-state index in [9.17, 15) is 30.1 Å². The Morgan fingerprint density at radius 1 is 1.00 bits per heavy atom. The van der Waals surface area contributed by atoms with Crippen LogP contribution in [-0.4, -0.2) is 20.9 Å². The Bertz CT molecular complexity index is 773. The van der Waals surface area contributed by atoms with Crippen LogP contribution in [0.5, 0.6) is 11.5 Å². The third-order valence-corrected chi connectivity index (χ3v) is 2.65. The second-order valence-corrected chi connectivity index (χ2v) is 4.10. The lowest BCUT2D eigenvalue weighted by Gasteiger charge is -2.05. The van der Waals surface area contributed by atoms with Crippen LogP contribution in [0.2, 0.25) is 0 Å². The molecule has 0 aromatic heterocycles. The first-order valence-corrected chi connectivity index (χ1v) is 5.82. The third-order valence-electron chi connectivity index (χ3n) is 2.65. The van der Waals surface area contributed by atoms with Gasteiger partial charge in [0.1, 0.15) is 17.1 Å². The number of phenols is 1. The minimum Gasteiger partial charge on any atom is -0.507 e. The highest BCUT2D eigenvalue weighted by Gasteiger charge is 2.18. The SMILES string of the molecule is O=C(Oc1cccc([N+](=O)[O-])c1)c1ccc([N+](=O)[O-])cc1O. The fourth-order valence-electron chi connectivity index (χ4n) is 1.63. The summed E-state index contributed by atoms with van der Waals surface area (Å²) in [7, 11) is 0. The highest BCUT2D eigenvalue weighted by atomic mass is 16.6. The van der Waals surface area contributed by atoms with E-state index in [1.165, 1.54) is 18.2 Å². The molecule has 0 saturated heterocycles. The standard InChI is InChI=1S/C13H8N2O7/c16-12-7-9(15(20)21)4-5-11(12)13(17)22-10-3-1-2-8(6-10)14(18)19/h1-7,16H. The van der Waals surface area contributed by atoms with E-state index in [0.717, 1.165) is 24.3 Å². The number of carbonyl (C=O) groups is 1. The minimum absolute atomic E-state index is 0.0862. The zero-order valence-electron chi connectivity index (χ0n) is 10.8. The topological polar surface area (TPSA) is 133 Å². The second kappa shape index (κ2) is 5.87. The molecule has 0 spiro atoms. The van der Waals surface area contributed by atoms with Gasteiger partial charge in [-0.1, -0.05) is 6.07 Å². The molecule has 0 aliphatic carbocycles. The van der Waals surface area contributed by atoms with Crippen molar-refractivity contribution in [3.05, 3.63) is 68.3 Å². The van der Waals surface area contributed by atoms with Crippen molar-refractivity contribution >= 4 is 17.3 Å². The summed E-state index contributed by atoms with van der Waals surface area (Å²) in [5, 5.41) is 30.8. The first kappa shape index (κ1) is 14.9. The van der Waals surface area contributed by atoms with E-state index >= 15 is 0 Å². The number of rotatable bonds is 4. The van der Waals surface area contributed by atoms with Gasteiger partial charge in [-0.3, -0.25) is 20.2 Å². The molecule has 112 valence electrons. The van der Waals surface area contributed by atoms with Gasteiger partial charge in [-0.2, -0.15) is 0 Å². The molecule has 2 aromatic carbocycles. The van der Waals surface area contributed by atoms with E-state index in [4.69, 9.17) is 4.74 Å². The van der Waals surface area contributed by atoms with Crippen LogP contribution >= 0.6 is 0 Å². The number of phenolic OH excluding ortho intramolecular Hbond substituents is 1. The number of hydrogen-bond acceptors (Lipinski definition) is 7. The van der Waals surface area contributed by atoms with E-state index in [1.807, 2.05) is 0 Å².